The summed E-state index contributed by atoms with van der Waals surface area (Å²) < 4.78 is 52.2. The van der Waals surface area contributed by atoms with Crippen LogP contribution in [0.25, 0.3) is 22.0 Å². The first-order chi connectivity index (χ1) is 18.1. The van der Waals surface area contributed by atoms with Gasteiger partial charge in [0.1, 0.15) is 12.4 Å². The van der Waals surface area contributed by atoms with E-state index >= 15 is 0 Å². The Morgan fingerprint density at radius 3 is 2.26 bits per heavy atom. The molecule has 1 aliphatic heterocycles. The van der Waals surface area contributed by atoms with E-state index in [-0.39, 0.29) is 23.2 Å². The van der Waals surface area contributed by atoms with Crippen molar-refractivity contribution in [3.05, 3.63) is 89.4 Å². The third-order valence-electron chi connectivity index (χ3n) is 6.59. The molecular formula is C28H24F4N4O2. The largest absolute Gasteiger partial charge is 0.405 e. The van der Waals surface area contributed by atoms with Gasteiger partial charge in [-0.05, 0) is 60.0 Å². The average Bonchev–Trinajstić information content (AvgIpc) is 3.25. The van der Waals surface area contributed by atoms with Gasteiger partial charge in [-0.3, -0.25) is 14.3 Å². The molecule has 1 aromatic heterocycles. The lowest BCUT2D eigenvalue weighted by Crippen LogP contribution is -2.51. The standard InChI is InChI=1S/C28H24F4N4O2/c1-17-10-25-22(11-24(17)26(37)33-16-28(30,31)32)15-36(34-25)14-18-12-35(13-18)27(38)21-4-2-19(3-5-21)20-6-8-23(29)9-7-20/h2-11,15,18H,12-14,16H2,1H3,(H,33,37). The van der Waals surface area contributed by atoms with Crippen LogP contribution < -0.4 is 5.32 Å². The molecule has 0 aliphatic carbocycles. The molecule has 1 N–H and O–H groups in total. The van der Waals surface area contributed by atoms with Gasteiger partial charge in [0.05, 0.1) is 5.52 Å². The Labute approximate surface area is 215 Å². The lowest BCUT2D eigenvalue weighted by molar-refractivity contribution is -0.123. The third-order valence-corrected chi connectivity index (χ3v) is 6.59. The summed E-state index contributed by atoms with van der Waals surface area (Å²) in [5.41, 5.74) is 3.69. The molecule has 10 heteroatoms. The monoisotopic (exact) mass is 524 g/mol. The molecule has 5 rings (SSSR count). The number of nitrogens with one attached hydrogen (secondary N) is 1. The summed E-state index contributed by atoms with van der Waals surface area (Å²) in [6, 6.07) is 16.6. The van der Waals surface area contributed by atoms with Gasteiger partial charge < -0.3 is 10.2 Å². The zero-order valence-corrected chi connectivity index (χ0v) is 20.4. The van der Waals surface area contributed by atoms with Crippen molar-refractivity contribution in [3.63, 3.8) is 0 Å². The first-order valence-electron chi connectivity index (χ1n) is 12.0. The fraction of sp³-hybridized carbons (Fsp3) is 0.250. The predicted octanol–water partition coefficient (Wildman–Crippen LogP) is 5.22. The number of carbonyl (C=O) groups excluding carboxylic acids is 2. The van der Waals surface area contributed by atoms with Crippen LogP contribution in [0.15, 0.2) is 66.9 Å². The number of benzene rings is 3. The molecule has 4 aromatic rings. The Hall–Kier alpha value is -4.21. The summed E-state index contributed by atoms with van der Waals surface area (Å²) in [5.74, 6) is -0.957. The van der Waals surface area contributed by atoms with Crippen molar-refractivity contribution in [2.45, 2.75) is 19.6 Å². The molecule has 2 heterocycles. The summed E-state index contributed by atoms with van der Waals surface area (Å²) >= 11 is 0. The summed E-state index contributed by atoms with van der Waals surface area (Å²) in [5, 5.41) is 7.09. The molecule has 196 valence electrons. The minimum Gasteiger partial charge on any atom is -0.343 e. The van der Waals surface area contributed by atoms with Crippen LogP contribution in [0.5, 0.6) is 0 Å². The minimum atomic E-state index is -4.48. The molecule has 0 unspecified atom stereocenters. The summed E-state index contributed by atoms with van der Waals surface area (Å²) in [6.07, 6.45) is -2.72. The van der Waals surface area contributed by atoms with Crippen molar-refractivity contribution < 1.29 is 27.2 Å². The van der Waals surface area contributed by atoms with E-state index < -0.39 is 18.6 Å². The number of aryl methyl sites for hydroxylation is 1. The average molecular weight is 525 g/mol. The van der Waals surface area contributed by atoms with Crippen LogP contribution in [0.2, 0.25) is 0 Å². The second-order valence-corrected chi connectivity index (χ2v) is 9.54. The second kappa shape index (κ2) is 9.92. The van der Waals surface area contributed by atoms with E-state index in [0.717, 1.165) is 11.1 Å². The molecule has 3 aromatic carbocycles. The zero-order chi connectivity index (χ0) is 27.0. The van der Waals surface area contributed by atoms with Crippen molar-refractivity contribution in [3.8, 4) is 11.1 Å². The number of hydrogen-bond donors (Lipinski definition) is 1. The molecule has 0 spiro atoms. The molecule has 0 atom stereocenters. The molecule has 38 heavy (non-hydrogen) atoms. The van der Waals surface area contributed by atoms with Gasteiger partial charge in [0.15, 0.2) is 0 Å². The summed E-state index contributed by atoms with van der Waals surface area (Å²) in [7, 11) is 0. The number of likely N-dealkylation sites (tertiary alicyclic amines) is 1. The van der Waals surface area contributed by atoms with E-state index in [1.807, 2.05) is 17.4 Å². The smallest absolute Gasteiger partial charge is 0.343 e. The Morgan fingerprint density at radius 1 is 1.00 bits per heavy atom. The van der Waals surface area contributed by atoms with Gasteiger partial charge in [-0.1, -0.05) is 24.3 Å². The molecule has 0 saturated carbocycles. The van der Waals surface area contributed by atoms with E-state index in [2.05, 4.69) is 5.10 Å². The number of carbonyl (C=O) groups is 2. The Kier molecular flexibility index (Phi) is 6.64. The number of rotatable bonds is 6. The number of alkyl halides is 3. The van der Waals surface area contributed by atoms with Crippen LogP contribution in [-0.2, 0) is 6.54 Å². The lowest BCUT2D eigenvalue weighted by atomic mass is 9.98. The van der Waals surface area contributed by atoms with Crippen molar-refractivity contribution in [1.29, 1.82) is 0 Å². The van der Waals surface area contributed by atoms with E-state index in [1.54, 1.807) is 59.1 Å². The number of amides is 2. The van der Waals surface area contributed by atoms with Crippen LogP contribution in [0, 0.1) is 18.7 Å². The lowest BCUT2D eigenvalue weighted by Gasteiger charge is -2.39. The van der Waals surface area contributed by atoms with Gasteiger partial charge in [0.2, 0.25) is 0 Å². The van der Waals surface area contributed by atoms with Gasteiger partial charge >= 0.3 is 6.18 Å². The van der Waals surface area contributed by atoms with Crippen LogP contribution in [0.1, 0.15) is 26.3 Å². The minimum absolute atomic E-state index is 0.0670. The number of fused-ring (bicyclic) bond motifs is 1. The maximum atomic E-state index is 13.1. The van der Waals surface area contributed by atoms with Crippen LogP contribution >= 0.6 is 0 Å². The van der Waals surface area contributed by atoms with E-state index in [4.69, 9.17) is 0 Å². The topological polar surface area (TPSA) is 67.2 Å². The van der Waals surface area contributed by atoms with Gasteiger partial charge in [-0.2, -0.15) is 18.3 Å². The van der Waals surface area contributed by atoms with Crippen molar-refractivity contribution in [1.82, 2.24) is 20.0 Å². The predicted molar refractivity (Wildman–Crippen MR) is 134 cm³/mol. The van der Waals surface area contributed by atoms with Crippen LogP contribution in [0.4, 0.5) is 17.6 Å². The van der Waals surface area contributed by atoms with E-state index in [1.165, 1.54) is 12.1 Å². The zero-order valence-electron chi connectivity index (χ0n) is 20.4. The second-order valence-electron chi connectivity index (χ2n) is 9.54. The Balaban J connectivity index is 1.18. The van der Waals surface area contributed by atoms with Crippen molar-refractivity contribution in [2.75, 3.05) is 19.6 Å². The van der Waals surface area contributed by atoms with Crippen LogP contribution in [0.3, 0.4) is 0 Å². The maximum Gasteiger partial charge on any atom is 0.405 e. The van der Waals surface area contributed by atoms with Gasteiger partial charge in [0.25, 0.3) is 11.8 Å². The fourth-order valence-electron chi connectivity index (χ4n) is 4.59. The molecule has 1 aliphatic rings. The number of nitrogens with zero attached hydrogens (tertiary/aromatic N) is 3. The van der Waals surface area contributed by atoms with Crippen molar-refractivity contribution in [2.24, 2.45) is 5.92 Å². The van der Waals surface area contributed by atoms with Gasteiger partial charge in [-0.15, -0.1) is 0 Å². The fourth-order valence-corrected chi connectivity index (χ4v) is 4.59. The molecule has 0 bridgehead atoms. The Morgan fingerprint density at radius 2 is 1.63 bits per heavy atom. The van der Waals surface area contributed by atoms with E-state index in [0.29, 0.717) is 41.7 Å². The first-order valence-corrected chi connectivity index (χ1v) is 12.0. The molecule has 6 nitrogen and oxygen atoms in total. The van der Waals surface area contributed by atoms with Crippen LogP contribution in [-0.4, -0.2) is 52.3 Å². The molecule has 0 radical (unpaired) electrons. The highest BCUT2D eigenvalue weighted by Crippen LogP contribution is 2.25. The number of halogens is 4. The Bertz CT molecular complexity index is 1490. The van der Waals surface area contributed by atoms with Gasteiger partial charge in [0, 0.05) is 48.3 Å². The summed E-state index contributed by atoms with van der Waals surface area (Å²) in [6.45, 7) is 1.97. The molecule has 1 saturated heterocycles. The highest BCUT2D eigenvalue weighted by molar-refractivity contribution is 5.99. The molecule has 1 fully saturated rings. The van der Waals surface area contributed by atoms with Gasteiger partial charge in [-0.25, -0.2) is 4.39 Å². The summed E-state index contributed by atoms with van der Waals surface area (Å²) in [4.78, 5) is 26.8. The molecule has 2 amide bonds. The highest BCUT2D eigenvalue weighted by atomic mass is 19.4. The SMILES string of the molecule is Cc1cc2nn(CC3CN(C(=O)c4ccc(-c5ccc(F)cc5)cc4)C3)cc2cc1C(=O)NCC(F)(F)F. The van der Waals surface area contributed by atoms with E-state index in [9.17, 15) is 27.2 Å². The third kappa shape index (κ3) is 5.53. The maximum absolute atomic E-state index is 13.1. The normalized spacial score (nSPS) is 14.0. The first kappa shape index (κ1) is 25.4. The molecular weight excluding hydrogens is 500 g/mol. The number of hydrogen-bond acceptors (Lipinski definition) is 3. The highest BCUT2D eigenvalue weighted by Gasteiger charge is 2.32. The van der Waals surface area contributed by atoms with Crippen molar-refractivity contribution >= 4 is 22.7 Å². The quantitative estimate of drug-likeness (QED) is 0.352. The number of aromatic nitrogens is 2.